The number of carbonyl (C=O) groups is 1. The van der Waals surface area contributed by atoms with Crippen LogP contribution in [0, 0.1) is 5.41 Å². The molecule has 0 fully saturated rings. The molecule has 1 heterocycles. The minimum absolute atomic E-state index is 0.0566. The molecule has 0 aromatic rings. The third-order valence-corrected chi connectivity index (χ3v) is 5.26. The molecule has 1 N–H and O–H groups in total. The predicted molar refractivity (Wildman–Crippen MR) is 102 cm³/mol. The highest BCUT2D eigenvalue weighted by Crippen LogP contribution is 2.44. The van der Waals surface area contributed by atoms with Gasteiger partial charge in [-0.15, -0.1) is 0 Å². The van der Waals surface area contributed by atoms with E-state index in [1.54, 1.807) is 0 Å². The van der Waals surface area contributed by atoms with Crippen LogP contribution in [0.25, 0.3) is 0 Å². The molecule has 0 aromatic carbocycles. The van der Waals surface area contributed by atoms with Gasteiger partial charge in [-0.25, -0.2) is 0 Å². The zero-order valence-electron chi connectivity index (χ0n) is 16.1. The van der Waals surface area contributed by atoms with Gasteiger partial charge in [0.05, 0.1) is 6.04 Å². The summed E-state index contributed by atoms with van der Waals surface area (Å²) in [5.74, 6) is 0.0566. The minimum atomic E-state index is 0.0566. The monoisotopic (exact) mass is 330 g/mol. The minimum Gasteiger partial charge on any atom is -0.367 e. The Balaban J connectivity index is 2.36. The largest absolute Gasteiger partial charge is 0.367 e. The number of rotatable bonds is 6. The van der Waals surface area contributed by atoms with Crippen LogP contribution in [0.5, 0.6) is 0 Å². The van der Waals surface area contributed by atoms with E-state index in [9.17, 15) is 4.79 Å². The van der Waals surface area contributed by atoms with Crippen molar-refractivity contribution in [2.24, 2.45) is 5.41 Å². The van der Waals surface area contributed by atoms with Crippen LogP contribution in [0.4, 0.5) is 0 Å². The predicted octanol–water partition coefficient (Wildman–Crippen LogP) is 4.57. The summed E-state index contributed by atoms with van der Waals surface area (Å²) in [4.78, 5) is 14.8. The van der Waals surface area contributed by atoms with Crippen molar-refractivity contribution in [1.82, 2.24) is 10.2 Å². The SMILES string of the molecule is CCCNC(=O)C1=CC(C2=C(C)CCCC2(C)C)N(CCC)C=C1. The lowest BCUT2D eigenvalue weighted by Crippen LogP contribution is -2.41. The first-order chi connectivity index (χ1) is 11.4. The van der Waals surface area contributed by atoms with Gasteiger partial charge in [-0.3, -0.25) is 4.79 Å². The maximum absolute atomic E-state index is 12.4. The molecule has 0 saturated heterocycles. The Morgan fingerprint density at radius 2 is 2.08 bits per heavy atom. The van der Waals surface area contributed by atoms with Crippen molar-refractivity contribution >= 4 is 5.91 Å². The van der Waals surface area contributed by atoms with Crippen LogP contribution in [0.15, 0.2) is 35.1 Å². The van der Waals surface area contributed by atoms with E-state index in [1.165, 1.54) is 30.4 Å². The normalized spacial score (nSPS) is 23.3. The molecule has 2 rings (SSSR count). The van der Waals surface area contributed by atoms with Crippen molar-refractivity contribution in [2.45, 2.75) is 72.8 Å². The van der Waals surface area contributed by atoms with Gasteiger partial charge < -0.3 is 10.2 Å². The molecule has 1 aliphatic carbocycles. The Morgan fingerprint density at radius 1 is 1.33 bits per heavy atom. The zero-order chi connectivity index (χ0) is 17.7. The van der Waals surface area contributed by atoms with Gasteiger partial charge in [0.2, 0.25) is 0 Å². The first kappa shape index (κ1) is 18.8. The van der Waals surface area contributed by atoms with Crippen LogP contribution in [-0.4, -0.2) is 29.9 Å². The highest BCUT2D eigenvalue weighted by Gasteiger charge is 2.35. The molecule has 2 aliphatic rings. The van der Waals surface area contributed by atoms with Gasteiger partial charge in [-0.1, -0.05) is 33.3 Å². The molecule has 3 heteroatoms. The van der Waals surface area contributed by atoms with Crippen LogP contribution in [0.1, 0.15) is 66.7 Å². The van der Waals surface area contributed by atoms with Crippen molar-refractivity contribution < 1.29 is 4.79 Å². The molecule has 3 nitrogen and oxygen atoms in total. The molecule has 134 valence electrons. The van der Waals surface area contributed by atoms with E-state index in [1.807, 2.05) is 6.08 Å². The molecule has 24 heavy (non-hydrogen) atoms. The standard InChI is InChI=1S/C21H34N2O/c1-6-12-22-20(24)17-10-14-23(13-7-2)18(15-17)19-16(3)9-8-11-21(19,4)5/h10,14-15,18H,6-9,11-13H2,1-5H3,(H,22,24). The van der Waals surface area contributed by atoms with Gasteiger partial charge >= 0.3 is 0 Å². The average Bonchev–Trinajstić information content (AvgIpc) is 2.53. The van der Waals surface area contributed by atoms with Crippen molar-refractivity contribution in [3.05, 3.63) is 35.1 Å². The lowest BCUT2D eigenvalue weighted by molar-refractivity contribution is -0.117. The van der Waals surface area contributed by atoms with Gasteiger partial charge in [-0.05, 0) is 62.2 Å². The fraction of sp³-hybridized carbons (Fsp3) is 0.667. The third-order valence-electron chi connectivity index (χ3n) is 5.26. The van der Waals surface area contributed by atoms with Gasteiger partial charge in [0.1, 0.15) is 0 Å². The summed E-state index contributed by atoms with van der Waals surface area (Å²) in [6, 6.07) is 0.215. The highest BCUT2D eigenvalue weighted by atomic mass is 16.1. The van der Waals surface area contributed by atoms with Crippen molar-refractivity contribution in [2.75, 3.05) is 13.1 Å². The Bertz CT molecular complexity index is 554. The highest BCUT2D eigenvalue weighted by molar-refractivity contribution is 5.96. The molecule has 1 amide bonds. The first-order valence-electron chi connectivity index (χ1n) is 9.54. The molecule has 1 atom stereocenters. The van der Waals surface area contributed by atoms with Crippen molar-refractivity contribution in [1.29, 1.82) is 0 Å². The van der Waals surface area contributed by atoms with Crippen LogP contribution in [0.2, 0.25) is 0 Å². The molecule has 0 bridgehead atoms. The van der Waals surface area contributed by atoms with Gasteiger partial charge in [0.25, 0.3) is 5.91 Å². The number of amides is 1. The molecule has 0 spiro atoms. The molecular formula is C21H34N2O. The Morgan fingerprint density at radius 3 is 2.71 bits per heavy atom. The van der Waals surface area contributed by atoms with E-state index in [-0.39, 0.29) is 17.4 Å². The topological polar surface area (TPSA) is 32.3 Å². The molecule has 0 aromatic heterocycles. The zero-order valence-corrected chi connectivity index (χ0v) is 16.1. The van der Waals surface area contributed by atoms with Crippen molar-refractivity contribution in [3.63, 3.8) is 0 Å². The average molecular weight is 331 g/mol. The van der Waals surface area contributed by atoms with Crippen LogP contribution >= 0.6 is 0 Å². The second-order valence-corrected chi connectivity index (χ2v) is 7.81. The van der Waals surface area contributed by atoms with Crippen molar-refractivity contribution in [3.8, 4) is 0 Å². The Hall–Kier alpha value is -1.51. The number of allylic oxidation sites excluding steroid dienone is 1. The fourth-order valence-corrected chi connectivity index (χ4v) is 4.10. The number of carbonyl (C=O) groups excluding carboxylic acids is 1. The number of nitrogens with one attached hydrogen (secondary N) is 1. The second-order valence-electron chi connectivity index (χ2n) is 7.81. The van der Waals surface area contributed by atoms with E-state index >= 15 is 0 Å². The third kappa shape index (κ3) is 4.12. The van der Waals surface area contributed by atoms with E-state index in [0.717, 1.165) is 31.5 Å². The second kappa shape index (κ2) is 8.04. The van der Waals surface area contributed by atoms with E-state index in [4.69, 9.17) is 0 Å². The summed E-state index contributed by atoms with van der Waals surface area (Å²) in [6.45, 7) is 13.1. The number of hydrogen-bond donors (Lipinski definition) is 1. The molecule has 1 aliphatic heterocycles. The fourth-order valence-electron chi connectivity index (χ4n) is 4.10. The summed E-state index contributed by atoms with van der Waals surface area (Å²) < 4.78 is 0. The first-order valence-corrected chi connectivity index (χ1v) is 9.54. The quantitative estimate of drug-likeness (QED) is 0.723. The van der Waals surface area contributed by atoms with Crippen LogP contribution in [0.3, 0.4) is 0 Å². The van der Waals surface area contributed by atoms with Crippen LogP contribution < -0.4 is 5.32 Å². The van der Waals surface area contributed by atoms with Gasteiger partial charge in [-0.2, -0.15) is 0 Å². The summed E-state index contributed by atoms with van der Waals surface area (Å²) in [7, 11) is 0. The molecule has 0 saturated carbocycles. The van der Waals surface area contributed by atoms with E-state index in [2.05, 4.69) is 57.1 Å². The molecule has 1 unspecified atom stereocenters. The lowest BCUT2D eigenvalue weighted by atomic mass is 9.69. The maximum atomic E-state index is 12.4. The lowest BCUT2D eigenvalue weighted by Gasteiger charge is -2.43. The van der Waals surface area contributed by atoms with Crippen LogP contribution in [-0.2, 0) is 4.79 Å². The molecule has 0 radical (unpaired) electrons. The summed E-state index contributed by atoms with van der Waals surface area (Å²) in [5, 5.41) is 3.01. The summed E-state index contributed by atoms with van der Waals surface area (Å²) >= 11 is 0. The molecular weight excluding hydrogens is 296 g/mol. The van der Waals surface area contributed by atoms with Gasteiger partial charge in [0.15, 0.2) is 0 Å². The number of hydrogen-bond acceptors (Lipinski definition) is 2. The Labute approximate surface area is 147 Å². The summed E-state index contributed by atoms with van der Waals surface area (Å²) in [5.41, 5.74) is 4.04. The number of nitrogens with zero attached hydrogens (tertiary/aromatic N) is 1. The van der Waals surface area contributed by atoms with E-state index in [0.29, 0.717) is 0 Å². The maximum Gasteiger partial charge on any atom is 0.251 e. The van der Waals surface area contributed by atoms with E-state index < -0.39 is 0 Å². The van der Waals surface area contributed by atoms with Gasteiger partial charge in [0, 0.05) is 24.9 Å². The Kier molecular flexibility index (Phi) is 6.31. The summed E-state index contributed by atoms with van der Waals surface area (Å²) in [6.07, 6.45) is 12.0. The smallest absolute Gasteiger partial charge is 0.251 e.